The van der Waals surface area contributed by atoms with Gasteiger partial charge in [0.15, 0.2) is 0 Å². The molecule has 0 aromatic heterocycles. The summed E-state index contributed by atoms with van der Waals surface area (Å²) in [6.45, 7) is 6.95. The molecule has 0 spiro atoms. The SMILES string of the molecule is CCc1ccc(CN(C(=O)[C@@H]2CNC[C@H]2C)C2CC2)cc1. The third kappa shape index (κ3) is 3.29. The van der Waals surface area contributed by atoms with Crippen LogP contribution in [0, 0.1) is 11.8 Å². The highest BCUT2D eigenvalue weighted by Crippen LogP contribution is 2.31. The molecule has 1 heterocycles. The quantitative estimate of drug-likeness (QED) is 0.902. The fourth-order valence-corrected chi connectivity index (χ4v) is 3.20. The Labute approximate surface area is 127 Å². The monoisotopic (exact) mass is 286 g/mol. The minimum Gasteiger partial charge on any atom is -0.335 e. The summed E-state index contributed by atoms with van der Waals surface area (Å²) in [7, 11) is 0. The van der Waals surface area contributed by atoms with Crippen LogP contribution in [0.2, 0.25) is 0 Å². The van der Waals surface area contributed by atoms with E-state index in [4.69, 9.17) is 0 Å². The number of aryl methyl sites for hydroxylation is 1. The Morgan fingerprint density at radius 3 is 2.38 bits per heavy atom. The van der Waals surface area contributed by atoms with Crippen LogP contribution in [0.25, 0.3) is 0 Å². The highest BCUT2D eigenvalue weighted by Gasteiger charge is 2.39. The number of amides is 1. The van der Waals surface area contributed by atoms with Crippen LogP contribution in [-0.2, 0) is 17.8 Å². The van der Waals surface area contributed by atoms with Crippen molar-refractivity contribution in [2.24, 2.45) is 11.8 Å². The van der Waals surface area contributed by atoms with Gasteiger partial charge < -0.3 is 10.2 Å². The molecule has 1 aromatic carbocycles. The summed E-state index contributed by atoms with van der Waals surface area (Å²) in [6.07, 6.45) is 3.41. The van der Waals surface area contributed by atoms with Crippen LogP contribution in [0.3, 0.4) is 0 Å². The first-order valence-corrected chi connectivity index (χ1v) is 8.28. The first-order chi connectivity index (χ1) is 10.2. The molecule has 3 nitrogen and oxygen atoms in total. The minimum absolute atomic E-state index is 0.167. The van der Waals surface area contributed by atoms with Gasteiger partial charge in [0.2, 0.25) is 5.91 Å². The fraction of sp³-hybridized carbons (Fsp3) is 0.611. The van der Waals surface area contributed by atoms with Gasteiger partial charge in [0.25, 0.3) is 0 Å². The van der Waals surface area contributed by atoms with Crippen molar-refractivity contribution in [3.63, 3.8) is 0 Å². The van der Waals surface area contributed by atoms with Crippen LogP contribution >= 0.6 is 0 Å². The standard InChI is InChI=1S/C18H26N2O/c1-3-14-4-6-15(7-5-14)12-20(16-8-9-16)18(21)17-11-19-10-13(17)2/h4-7,13,16-17,19H,3,8-12H2,1-2H3/t13-,17-/m1/s1. The van der Waals surface area contributed by atoms with E-state index in [0.717, 1.165) is 26.1 Å². The number of benzene rings is 1. The first-order valence-electron chi connectivity index (χ1n) is 8.28. The Bertz CT molecular complexity index is 492. The maximum atomic E-state index is 12.9. The second-order valence-corrected chi connectivity index (χ2v) is 6.61. The zero-order valence-corrected chi connectivity index (χ0v) is 13.1. The Kier molecular flexibility index (Phi) is 4.29. The van der Waals surface area contributed by atoms with Gasteiger partial charge in [-0.1, -0.05) is 38.1 Å². The molecule has 2 fully saturated rings. The summed E-state index contributed by atoms with van der Waals surface area (Å²) in [5, 5.41) is 3.35. The van der Waals surface area contributed by atoms with E-state index in [1.807, 2.05) is 0 Å². The number of nitrogens with zero attached hydrogens (tertiary/aromatic N) is 1. The minimum atomic E-state index is 0.167. The highest BCUT2D eigenvalue weighted by molar-refractivity contribution is 5.80. The normalized spacial score (nSPS) is 25.0. The molecule has 114 valence electrons. The zero-order valence-electron chi connectivity index (χ0n) is 13.1. The van der Waals surface area contributed by atoms with Crippen LogP contribution in [0.1, 0.15) is 37.8 Å². The van der Waals surface area contributed by atoms with Gasteiger partial charge in [-0.3, -0.25) is 4.79 Å². The van der Waals surface area contributed by atoms with E-state index in [-0.39, 0.29) is 5.92 Å². The Balaban J connectivity index is 1.70. The molecule has 3 rings (SSSR count). The van der Waals surface area contributed by atoms with E-state index in [2.05, 4.69) is 48.3 Å². The number of rotatable bonds is 5. The summed E-state index contributed by atoms with van der Waals surface area (Å²) in [5.41, 5.74) is 2.61. The lowest BCUT2D eigenvalue weighted by Crippen LogP contribution is -2.39. The van der Waals surface area contributed by atoms with Gasteiger partial charge in [0, 0.05) is 19.1 Å². The van der Waals surface area contributed by atoms with Gasteiger partial charge in [0.1, 0.15) is 0 Å². The number of hydrogen-bond donors (Lipinski definition) is 1. The Hall–Kier alpha value is -1.35. The Morgan fingerprint density at radius 2 is 1.86 bits per heavy atom. The van der Waals surface area contributed by atoms with Crippen molar-refractivity contribution in [1.29, 1.82) is 0 Å². The molecule has 1 saturated heterocycles. The topological polar surface area (TPSA) is 32.3 Å². The molecule has 0 radical (unpaired) electrons. The van der Waals surface area contributed by atoms with Gasteiger partial charge in [0.05, 0.1) is 5.92 Å². The molecule has 0 bridgehead atoms. The van der Waals surface area contributed by atoms with Crippen molar-refractivity contribution in [3.8, 4) is 0 Å². The second kappa shape index (κ2) is 6.18. The molecule has 1 aliphatic heterocycles. The Morgan fingerprint density at radius 1 is 1.19 bits per heavy atom. The molecule has 3 heteroatoms. The van der Waals surface area contributed by atoms with Crippen LogP contribution in [-0.4, -0.2) is 29.9 Å². The van der Waals surface area contributed by atoms with Crippen LogP contribution in [0.15, 0.2) is 24.3 Å². The summed E-state index contributed by atoms with van der Waals surface area (Å²) in [4.78, 5) is 15.0. The molecule has 2 aliphatic rings. The average molecular weight is 286 g/mol. The van der Waals surface area contributed by atoms with Crippen molar-refractivity contribution in [2.45, 2.75) is 45.7 Å². The smallest absolute Gasteiger partial charge is 0.227 e. The molecule has 21 heavy (non-hydrogen) atoms. The van der Waals surface area contributed by atoms with Crippen LogP contribution in [0.5, 0.6) is 0 Å². The number of nitrogens with one attached hydrogen (secondary N) is 1. The van der Waals surface area contributed by atoms with Crippen molar-refractivity contribution >= 4 is 5.91 Å². The number of hydrogen-bond acceptors (Lipinski definition) is 2. The molecule has 0 unspecified atom stereocenters. The molecule has 1 saturated carbocycles. The van der Waals surface area contributed by atoms with E-state index in [0.29, 0.717) is 17.9 Å². The van der Waals surface area contributed by atoms with Crippen molar-refractivity contribution in [1.82, 2.24) is 10.2 Å². The van der Waals surface area contributed by atoms with E-state index in [1.54, 1.807) is 0 Å². The number of carbonyl (C=O) groups is 1. The van der Waals surface area contributed by atoms with Gasteiger partial charge >= 0.3 is 0 Å². The lowest BCUT2D eigenvalue weighted by atomic mass is 9.96. The maximum absolute atomic E-state index is 12.9. The first kappa shape index (κ1) is 14.6. The molecule has 1 aliphatic carbocycles. The average Bonchev–Trinajstić information content (AvgIpc) is 3.26. The fourth-order valence-electron chi connectivity index (χ4n) is 3.20. The van der Waals surface area contributed by atoms with Crippen molar-refractivity contribution < 1.29 is 4.79 Å². The van der Waals surface area contributed by atoms with E-state index >= 15 is 0 Å². The van der Waals surface area contributed by atoms with Gasteiger partial charge in [-0.05, 0) is 42.9 Å². The van der Waals surface area contributed by atoms with Crippen molar-refractivity contribution in [3.05, 3.63) is 35.4 Å². The maximum Gasteiger partial charge on any atom is 0.227 e. The van der Waals surface area contributed by atoms with Crippen molar-refractivity contribution in [2.75, 3.05) is 13.1 Å². The molecule has 2 atom stereocenters. The molecule has 1 amide bonds. The lowest BCUT2D eigenvalue weighted by Gasteiger charge is -2.27. The van der Waals surface area contributed by atoms with Gasteiger partial charge in [-0.25, -0.2) is 0 Å². The lowest BCUT2D eigenvalue weighted by molar-refractivity contribution is -0.137. The third-order valence-corrected chi connectivity index (χ3v) is 4.89. The molecule has 1 N–H and O–H groups in total. The summed E-state index contributed by atoms with van der Waals surface area (Å²) in [5.74, 6) is 0.983. The van der Waals surface area contributed by atoms with Gasteiger partial charge in [-0.2, -0.15) is 0 Å². The summed E-state index contributed by atoms with van der Waals surface area (Å²) < 4.78 is 0. The molecule has 1 aromatic rings. The summed E-state index contributed by atoms with van der Waals surface area (Å²) >= 11 is 0. The predicted octanol–water partition coefficient (Wildman–Crippen LogP) is 2.60. The zero-order chi connectivity index (χ0) is 14.8. The second-order valence-electron chi connectivity index (χ2n) is 6.61. The third-order valence-electron chi connectivity index (χ3n) is 4.89. The molecular weight excluding hydrogens is 260 g/mol. The van der Waals surface area contributed by atoms with E-state index < -0.39 is 0 Å². The van der Waals surface area contributed by atoms with Crippen LogP contribution < -0.4 is 5.32 Å². The highest BCUT2D eigenvalue weighted by atomic mass is 16.2. The predicted molar refractivity (Wildman–Crippen MR) is 84.9 cm³/mol. The van der Waals surface area contributed by atoms with Crippen LogP contribution in [0.4, 0.5) is 0 Å². The van der Waals surface area contributed by atoms with E-state index in [1.165, 1.54) is 24.0 Å². The largest absolute Gasteiger partial charge is 0.335 e. The molecular formula is C18H26N2O. The summed E-state index contributed by atoms with van der Waals surface area (Å²) in [6, 6.07) is 9.21. The number of carbonyl (C=O) groups excluding carboxylic acids is 1. The van der Waals surface area contributed by atoms with Gasteiger partial charge in [-0.15, -0.1) is 0 Å². The van der Waals surface area contributed by atoms with E-state index in [9.17, 15) is 4.79 Å².